The number of hydrogen-bond donors (Lipinski definition) is 0. The van der Waals surface area contributed by atoms with E-state index in [2.05, 4.69) is 3.63 Å². The Morgan fingerprint density at radius 1 is 0.467 bits per heavy atom. The second-order valence-corrected chi connectivity index (χ2v) is 13.2. The van der Waals surface area contributed by atoms with Gasteiger partial charge in [0.2, 0.25) is 0 Å². The van der Waals surface area contributed by atoms with E-state index in [4.69, 9.17) is 0 Å². The molecule has 0 unspecified atom stereocenters. The van der Waals surface area contributed by atoms with Crippen LogP contribution in [0.4, 0.5) is 70.2 Å². The SMILES string of the molecule is O=S(=O)(OS(c1ccc(C(F)(F)C(F)(F)F)cc1)(c1ccc(C(F)(F)C(F)(F)F)cc1)c1cccc(C(F)(F)F)c1)C(F)(F)F. The van der Waals surface area contributed by atoms with Crippen molar-refractivity contribution in [2.45, 2.75) is 50.6 Å². The van der Waals surface area contributed by atoms with E-state index >= 15 is 0 Å². The predicted molar refractivity (Wildman–Crippen MR) is 123 cm³/mol. The largest absolute Gasteiger partial charge is 0.524 e. The zero-order valence-electron chi connectivity index (χ0n) is 21.0. The highest BCUT2D eigenvalue weighted by Crippen LogP contribution is 2.71. The lowest BCUT2D eigenvalue weighted by atomic mass is 10.1. The smallest absolute Gasteiger partial charge is 0.200 e. The van der Waals surface area contributed by atoms with Gasteiger partial charge < -0.3 is 0 Å². The summed E-state index contributed by atoms with van der Waals surface area (Å²) >= 11 is 0. The molecule has 3 nitrogen and oxygen atoms in total. The van der Waals surface area contributed by atoms with Crippen molar-refractivity contribution in [1.82, 2.24) is 0 Å². The molecule has 3 aromatic rings. The molecule has 0 bridgehead atoms. The maximum atomic E-state index is 13.9. The van der Waals surface area contributed by atoms with Crippen molar-refractivity contribution < 1.29 is 82.3 Å². The molecule has 0 saturated heterocycles. The van der Waals surface area contributed by atoms with Gasteiger partial charge in [-0.15, -0.1) is 0 Å². The third kappa shape index (κ3) is 6.69. The first kappa shape index (κ1) is 36.3. The minimum absolute atomic E-state index is 0.0116. The summed E-state index contributed by atoms with van der Waals surface area (Å²) in [5.74, 6) is -11.2. The molecule has 250 valence electrons. The van der Waals surface area contributed by atoms with E-state index in [1.165, 1.54) is 0 Å². The van der Waals surface area contributed by atoms with Crippen molar-refractivity contribution in [3.8, 4) is 0 Å². The second kappa shape index (κ2) is 11.2. The van der Waals surface area contributed by atoms with Crippen LogP contribution >= 0.6 is 10.3 Å². The summed E-state index contributed by atoms with van der Waals surface area (Å²) in [5, 5.41) is 0. The van der Waals surface area contributed by atoms with Crippen LogP contribution in [0.2, 0.25) is 0 Å². The van der Waals surface area contributed by atoms with Crippen LogP contribution in [-0.2, 0) is 31.8 Å². The molecule has 0 atom stereocenters. The zero-order valence-corrected chi connectivity index (χ0v) is 22.6. The van der Waals surface area contributed by atoms with Gasteiger partial charge in [-0.2, -0.15) is 82.3 Å². The molecule has 0 amide bonds. The minimum Gasteiger partial charge on any atom is -0.200 e. The van der Waals surface area contributed by atoms with Gasteiger partial charge in [0.05, 0.1) is 5.56 Å². The van der Waals surface area contributed by atoms with Crippen LogP contribution < -0.4 is 0 Å². The van der Waals surface area contributed by atoms with Gasteiger partial charge >= 0.3 is 46.0 Å². The van der Waals surface area contributed by atoms with Crippen LogP contribution in [0.3, 0.4) is 0 Å². The first-order valence-electron chi connectivity index (χ1n) is 11.2. The molecule has 3 aromatic carbocycles. The van der Waals surface area contributed by atoms with Crippen LogP contribution in [0.5, 0.6) is 0 Å². The van der Waals surface area contributed by atoms with E-state index in [9.17, 15) is 78.7 Å². The molecule has 0 fully saturated rings. The van der Waals surface area contributed by atoms with E-state index in [1.54, 1.807) is 0 Å². The Bertz CT molecular complexity index is 1550. The molecule has 21 heteroatoms. The lowest BCUT2D eigenvalue weighted by Crippen LogP contribution is -2.33. The molecule has 0 saturated carbocycles. The van der Waals surface area contributed by atoms with Crippen molar-refractivity contribution in [2.24, 2.45) is 0 Å². The number of hydrogen-bond acceptors (Lipinski definition) is 3. The van der Waals surface area contributed by atoms with Crippen molar-refractivity contribution in [2.75, 3.05) is 0 Å². The Balaban J connectivity index is 2.49. The minimum atomic E-state index is -6.97. The number of rotatable bonds is 7. The fourth-order valence-corrected chi connectivity index (χ4v) is 8.33. The summed E-state index contributed by atoms with van der Waals surface area (Å²) in [6.45, 7) is 0. The fourth-order valence-electron chi connectivity index (χ4n) is 3.59. The fraction of sp³-hybridized carbons (Fsp3) is 0.250. The van der Waals surface area contributed by atoms with E-state index in [0.717, 1.165) is 0 Å². The van der Waals surface area contributed by atoms with E-state index in [-0.39, 0.29) is 54.6 Å². The normalized spacial score (nSPS) is 14.8. The van der Waals surface area contributed by atoms with Gasteiger partial charge in [-0.1, -0.05) is 30.3 Å². The van der Waals surface area contributed by atoms with Crippen molar-refractivity contribution >= 4 is 20.4 Å². The Kier molecular flexibility index (Phi) is 9.07. The summed E-state index contributed by atoms with van der Waals surface area (Å²) in [6.07, 6.45) is -17.8. The summed E-state index contributed by atoms with van der Waals surface area (Å²) in [7, 11) is -12.0. The Morgan fingerprint density at radius 2 is 0.844 bits per heavy atom. The van der Waals surface area contributed by atoms with Gasteiger partial charge in [0.25, 0.3) is 0 Å². The Labute approximate surface area is 243 Å². The summed E-state index contributed by atoms with van der Waals surface area (Å²) in [4.78, 5) is -3.41. The van der Waals surface area contributed by atoms with Crippen molar-refractivity contribution in [3.05, 3.63) is 89.5 Å². The molecule has 0 aliphatic heterocycles. The number of halogens is 16. The Hall–Kier alpha value is -3.20. The van der Waals surface area contributed by atoms with Gasteiger partial charge in [0.1, 0.15) is 0 Å². The van der Waals surface area contributed by atoms with Gasteiger partial charge in [0.15, 0.2) is 0 Å². The summed E-state index contributed by atoms with van der Waals surface area (Å²) in [5.41, 5.74) is -11.8. The second-order valence-electron chi connectivity index (χ2n) is 8.74. The lowest BCUT2D eigenvalue weighted by molar-refractivity contribution is -0.289. The third-order valence-corrected chi connectivity index (χ3v) is 10.7. The van der Waals surface area contributed by atoms with Crippen LogP contribution in [-0.4, -0.2) is 26.3 Å². The monoisotopic (exact) mass is 716 g/mol. The highest BCUT2D eigenvalue weighted by atomic mass is 32.3. The van der Waals surface area contributed by atoms with Crippen LogP contribution in [0.1, 0.15) is 16.7 Å². The first-order valence-corrected chi connectivity index (χ1v) is 14.2. The maximum Gasteiger partial charge on any atom is 0.524 e. The zero-order chi connectivity index (χ0) is 34.7. The maximum absolute atomic E-state index is 13.9. The topological polar surface area (TPSA) is 43.4 Å². The summed E-state index contributed by atoms with van der Waals surface area (Å²) < 4.78 is 243. The number of benzene rings is 3. The predicted octanol–water partition coefficient (Wildman–Crippen LogP) is 10.1. The molecule has 0 aliphatic rings. The molecule has 0 aliphatic carbocycles. The average molecular weight is 716 g/mol. The van der Waals surface area contributed by atoms with Gasteiger partial charge in [0, 0.05) is 25.8 Å². The number of alkyl halides is 16. The van der Waals surface area contributed by atoms with Crippen LogP contribution in [0.25, 0.3) is 0 Å². The standard InChI is InChI=1S/C24H12F16O3S2/c25-19(26,22(32,33)34)13-4-8-16(9-5-13)44(43-45(41,42)24(38,39)40,18-3-1-2-15(12-18)21(29,30)31)17-10-6-14(7-11-17)20(27,28)23(35,36)37/h1-12H. The van der Waals surface area contributed by atoms with Crippen LogP contribution in [0, 0.1) is 0 Å². The summed E-state index contributed by atoms with van der Waals surface area (Å²) in [6, 6.07) is 1.65. The molecule has 0 aromatic heterocycles. The first-order chi connectivity index (χ1) is 20.1. The molecule has 0 heterocycles. The highest BCUT2D eigenvalue weighted by molar-refractivity contribution is 8.33. The molecule has 0 radical (unpaired) electrons. The van der Waals surface area contributed by atoms with Crippen LogP contribution in [0.15, 0.2) is 87.5 Å². The van der Waals surface area contributed by atoms with E-state index < -0.39 is 87.7 Å². The van der Waals surface area contributed by atoms with Crippen molar-refractivity contribution in [3.63, 3.8) is 0 Å². The van der Waals surface area contributed by atoms with E-state index in [0.29, 0.717) is 18.2 Å². The van der Waals surface area contributed by atoms with Gasteiger partial charge in [-0.3, -0.25) is 0 Å². The molecule has 0 N–H and O–H groups in total. The van der Waals surface area contributed by atoms with Gasteiger partial charge in [-0.25, -0.2) is 0 Å². The molecule has 45 heavy (non-hydrogen) atoms. The average Bonchev–Trinajstić information content (AvgIpc) is 2.89. The highest BCUT2D eigenvalue weighted by Gasteiger charge is 2.60. The van der Waals surface area contributed by atoms with Gasteiger partial charge in [-0.05, 0) is 52.8 Å². The molecule has 3 rings (SSSR count). The Morgan fingerprint density at radius 3 is 1.16 bits per heavy atom. The van der Waals surface area contributed by atoms with E-state index in [1.807, 2.05) is 0 Å². The van der Waals surface area contributed by atoms with Crippen molar-refractivity contribution in [1.29, 1.82) is 0 Å². The molecular weight excluding hydrogens is 704 g/mol. The lowest BCUT2D eigenvalue weighted by Gasteiger charge is -2.40. The molecule has 0 spiro atoms. The molecular formula is C24H12F16O3S2. The quantitative estimate of drug-likeness (QED) is 0.181. The third-order valence-electron chi connectivity index (χ3n) is 5.78.